The lowest BCUT2D eigenvalue weighted by atomic mass is 10.2. The number of nitrogen functional groups attached to an aromatic ring is 1. The lowest BCUT2D eigenvalue weighted by Gasteiger charge is -2.21. The first-order valence-electron chi connectivity index (χ1n) is 6.07. The van der Waals surface area contributed by atoms with E-state index in [1.807, 2.05) is 20.8 Å². The minimum Gasteiger partial charge on any atom is -0.470 e. The van der Waals surface area contributed by atoms with Crippen LogP contribution in [0.1, 0.15) is 20.8 Å². The summed E-state index contributed by atoms with van der Waals surface area (Å²) in [6.45, 7) is 5.76. The van der Waals surface area contributed by atoms with Gasteiger partial charge in [0.15, 0.2) is 0 Å². The van der Waals surface area contributed by atoms with E-state index in [1.165, 1.54) is 6.20 Å². The van der Waals surface area contributed by atoms with Gasteiger partial charge in [0.05, 0.1) is 16.9 Å². The molecule has 0 aliphatic rings. The maximum atomic E-state index is 5.85. The van der Waals surface area contributed by atoms with Gasteiger partial charge >= 0.3 is 0 Å². The molecule has 20 heavy (non-hydrogen) atoms. The molecule has 6 heteroatoms. The van der Waals surface area contributed by atoms with E-state index in [0.717, 1.165) is 0 Å². The average molecular weight is 294 g/mol. The van der Waals surface area contributed by atoms with Crippen molar-refractivity contribution < 1.29 is 9.47 Å². The highest BCUT2D eigenvalue weighted by Gasteiger charge is 2.16. The molecule has 2 heterocycles. The molecule has 0 spiro atoms. The van der Waals surface area contributed by atoms with Crippen molar-refractivity contribution in [2.75, 3.05) is 5.73 Å². The molecule has 2 N–H and O–H groups in total. The molecule has 0 saturated heterocycles. The number of pyridine rings is 2. The largest absolute Gasteiger partial charge is 0.470 e. The fourth-order valence-electron chi connectivity index (χ4n) is 1.43. The molecule has 0 aliphatic heterocycles. The predicted octanol–water partition coefficient (Wildman–Crippen LogP) is 3.68. The molecule has 0 unspecified atom stereocenters. The predicted molar refractivity (Wildman–Crippen MR) is 78.4 cm³/mol. The summed E-state index contributed by atoms with van der Waals surface area (Å²) < 4.78 is 11.3. The Morgan fingerprint density at radius 1 is 1.20 bits per heavy atom. The minimum absolute atomic E-state index is 0.338. The second-order valence-electron chi connectivity index (χ2n) is 5.20. The Hall–Kier alpha value is -2.01. The van der Waals surface area contributed by atoms with E-state index >= 15 is 0 Å². The number of nitrogens with two attached hydrogens (primary N) is 1. The van der Waals surface area contributed by atoms with Gasteiger partial charge in [-0.3, -0.25) is 4.98 Å². The molecule has 0 aliphatic carbocycles. The smallest absolute Gasteiger partial charge is 0.241 e. The van der Waals surface area contributed by atoms with Crippen LogP contribution >= 0.6 is 11.6 Å². The zero-order chi connectivity index (χ0) is 14.8. The third-order valence-corrected chi connectivity index (χ3v) is 2.38. The van der Waals surface area contributed by atoms with Crippen molar-refractivity contribution in [1.82, 2.24) is 9.97 Å². The van der Waals surface area contributed by atoms with Crippen LogP contribution in [0.15, 0.2) is 30.6 Å². The lowest BCUT2D eigenvalue weighted by molar-refractivity contribution is 0.124. The summed E-state index contributed by atoms with van der Waals surface area (Å²) in [5.74, 6) is 1.20. The SMILES string of the molecule is CC(C)(C)Oc1nc(Oc2cncc(Cl)c2)ccc1N. The number of hydrogen-bond acceptors (Lipinski definition) is 5. The first-order valence-corrected chi connectivity index (χ1v) is 6.45. The van der Waals surface area contributed by atoms with Gasteiger partial charge in [-0.05, 0) is 26.8 Å². The average Bonchev–Trinajstić information content (AvgIpc) is 2.32. The van der Waals surface area contributed by atoms with Gasteiger partial charge in [0.25, 0.3) is 0 Å². The van der Waals surface area contributed by atoms with Crippen LogP contribution < -0.4 is 15.2 Å². The van der Waals surface area contributed by atoms with E-state index in [4.69, 9.17) is 26.8 Å². The van der Waals surface area contributed by atoms with E-state index in [2.05, 4.69) is 9.97 Å². The molecule has 0 atom stereocenters. The van der Waals surface area contributed by atoms with E-state index in [0.29, 0.717) is 28.2 Å². The van der Waals surface area contributed by atoms with E-state index in [9.17, 15) is 0 Å². The third kappa shape index (κ3) is 3.99. The molecule has 2 rings (SSSR count). The van der Waals surface area contributed by atoms with Crippen molar-refractivity contribution in [3.63, 3.8) is 0 Å². The summed E-state index contributed by atoms with van der Waals surface area (Å²) in [5.41, 5.74) is 5.90. The molecule has 0 saturated carbocycles. The summed E-state index contributed by atoms with van der Waals surface area (Å²) >= 11 is 5.85. The number of nitrogens with zero attached hydrogens (tertiary/aromatic N) is 2. The van der Waals surface area contributed by atoms with Gasteiger partial charge in [-0.2, -0.15) is 4.98 Å². The van der Waals surface area contributed by atoms with Crippen LogP contribution in [-0.4, -0.2) is 15.6 Å². The van der Waals surface area contributed by atoms with Crippen molar-refractivity contribution in [3.8, 4) is 17.5 Å². The highest BCUT2D eigenvalue weighted by atomic mass is 35.5. The molecule has 2 aromatic rings. The van der Waals surface area contributed by atoms with Gasteiger partial charge in [0.1, 0.15) is 11.4 Å². The maximum absolute atomic E-state index is 5.85. The van der Waals surface area contributed by atoms with Gasteiger partial charge in [0, 0.05) is 18.3 Å². The van der Waals surface area contributed by atoms with Gasteiger partial charge in [0.2, 0.25) is 11.8 Å². The van der Waals surface area contributed by atoms with Crippen LogP contribution in [0, 0.1) is 0 Å². The molecule has 0 radical (unpaired) electrons. The number of anilines is 1. The Bertz CT molecular complexity index is 612. The number of ether oxygens (including phenoxy) is 2. The molecular formula is C14H16ClN3O2. The maximum Gasteiger partial charge on any atom is 0.241 e. The Kier molecular flexibility index (Phi) is 3.99. The topological polar surface area (TPSA) is 70.3 Å². The van der Waals surface area contributed by atoms with E-state index in [1.54, 1.807) is 24.4 Å². The zero-order valence-electron chi connectivity index (χ0n) is 11.6. The van der Waals surface area contributed by atoms with Crippen LogP contribution in [0.25, 0.3) is 0 Å². The Labute approximate surface area is 122 Å². The Morgan fingerprint density at radius 2 is 1.95 bits per heavy atom. The van der Waals surface area contributed by atoms with Crippen LogP contribution in [0.2, 0.25) is 5.02 Å². The highest BCUT2D eigenvalue weighted by molar-refractivity contribution is 6.30. The second-order valence-corrected chi connectivity index (χ2v) is 5.64. The molecule has 5 nitrogen and oxygen atoms in total. The standard InChI is InChI=1S/C14H16ClN3O2/c1-14(2,3)20-13-11(16)4-5-12(18-13)19-10-6-9(15)7-17-8-10/h4-8H,16H2,1-3H3. The monoisotopic (exact) mass is 293 g/mol. The first-order chi connectivity index (χ1) is 9.33. The summed E-state index contributed by atoms with van der Waals surface area (Å²) in [6, 6.07) is 4.99. The van der Waals surface area contributed by atoms with Gasteiger partial charge in [-0.15, -0.1) is 0 Å². The molecular weight excluding hydrogens is 278 g/mol. The lowest BCUT2D eigenvalue weighted by Crippen LogP contribution is -2.24. The minimum atomic E-state index is -0.392. The summed E-state index contributed by atoms with van der Waals surface area (Å²) in [5, 5.41) is 0.490. The molecule has 0 fully saturated rings. The van der Waals surface area contributed by atoms with Crippen molar-refractivity contribution in [2.45, 2.75) is 26.4 Å². The first kappa shape index (κ1) is 14.4. The van der Waals surface area contributed by atoms with Crippen molar-refractivity contribution >= 4 is 17.3 Å². The molecule has 0 aromatic carbocycles. The van der Waals surface area contributed by atoms with Crippen molar-refractivity contribution in [1.29, 1.82) is 0 Å². The summed E-state index contributed by atoms with van der Waals surface area (Å²) in [6.07, 6.45) is 3.08. The van der Waals surface area contributed by atoms with Crippen LogP contribution in [-0.2, 0) is 0 Å². The quantitative estimate of drug-likeness (QED) is 0.934. The Morgan fingerprint density at radius 3 is 2.60 bits per heavy atom. The molecule has 0 amide bonds. The van der Waals surface area contributed by atoms with Crippen LogP contribution in [0.3, 0.4) is 0 Å². The van der Waals surface area contributed by atoms with E-state index in [-0.39, 0.29) is 0 Å². The number of hydrogen-bond donors (Lipinski definition) is 1. The van der Waals surface area contributed by atoms with Gasteiger partial charge in [-0.1, -0.05) is 11.6 Å². The van der Waals surface area contributed by atoms with Crippen molar-refractivity contribution in [3.05, 3.63) is 35.6 Å². The molecule has 106 valence electrons. The number of halogens is 1. The van der Waals surface area contributed by atoms with Crippen molar-refractivity contribution in [2.24, 2.45) is 0 Å². The summed E-state index contributed by atoms with van der Waals surface area (Å²) in [7, 11) is 0. The number of rotatable bonds is 3. The molecule has 0 bridgehead atoms. The van der Waals surface area contributed by atoms with Crippen LogP contribution in [0.5, 0.6) is 17.5 Å². The van der Waals surface area contributed by atoms with Gasteiger partial charge < -0.3 is 15.2 Å². The normalized spacial score (nSPS) is 11.2. The third-order valence-electron chi connectivity index (χ3n) is 2.17. The van der Waals surface area contributed by atoms with E-state index < -0.39 is 5.60 Å². The zero-order valence-corrected chi connectivity index (χ0v) is 12.3. The highest BCUT2D eigenvalue weighted by Crippen LogP contribution is 2.28. The van der Waals surface area contributed by atoms with Gasteiger partial charge in [-0.25, -0.2) is 0 Å². The summed E-state index contributed by atoms with van der Waals surface area (Å²) in [4.78, 5) is 8.18. The second kappa shape index (κ2) is 5.54. The Balaban J connectivity index is 2.23. The molecule has 2 aromatic heterocycles. The fourth-order valence-corrected chi connectivity index (χ4v) is 1.60. The fraction of sp³-hybridized carbons (Fsp3) is 0.286. The number of aromatic nitrogens is 2. The van der Waals surface area contributed by atoms with Crippen LogP contribution in [0.4, 0.5) is 5.69 Å².